The van der Waals surface area contributed by atoms with E-state index in [-0.39, 0.29) is 0 Å². The maximum Gasteiger partial charge on any atom is 0.349 e. The molecule has 0 aliphatic heterocycles. The van der Waals surface area contributed by atoms with Gasteiger partial charge in [-0.1, -0.05) is 41.9 Å². The molecule has 1 unspecified atom stereocenters. The van der Waals surface area contributed by atoms with Gasteiger partial charge in [-0.3, -0.25) is 0 Å². The van der Waals surface area contributed by atoms with Crippen LogP contribution in [0, 0.1) is 0 Å². The molecule has 2 aromatic carbocycles. The number of aromatic nitrogens is 1. The summed E-state index contributed by atoms with van der Waals surface area (Å²) in [6, 6.07) is 17.7. The molecule has 0 saturated carbocycles. The van der Waals surface area contributed by atoms with Crippen molar-refractivity contribution in [3.63, 3.8) is 0 Å². The van der Waals surface area contributed by atoms with E-state index >= 15 is 0 Å². The number of rotatable bonds is 5. The van der Waals surface area contributed by atoms with Crippen LogP contribution in [0.3, 0.4) is 0 Å². The summed E-state index contributed by atoms with van der Waals surface area (Å²) in [4.78, 5) is 11.6. The van der Waals surface area contributed by atoms with Crippen LogP contribution in [0.5, 0.6) is 5.75 Å². The molecular formula is C18H14ClNO3. The minimum absolute atomic E-state index is 0.446. The fourth-order valence-electron chi connectivity index (χ4n) is 2.30. The lowest BCUT2D eigenvalue weighted by molar-refractivity contribution is -0.145. The smallest absolute Gasteiger partial charge is 0.349 e. The van der Waals surface area contributed by atoms with Gasteiger partial charge in [0.2, 0.25) is 6.10 Å². The number of carboxylic acids is 1. The minimum Gasteiger partial charge on any atom is -0.478 e. The average Bonchev–Trinajstić information content (AvgIpc) is 3.08. The SMILES string of the molecule is O=C(O)C(Oc1ccc(Cl)cc1-n1cccc1)c1ccccc1. The summed E-state index contributed by atoms with van der Waals surface area (Å²) in [7, 11) is 0. The molecule has 23 heavy (non-hydrogen) atoms. The third kappa shape index (κ3) is 3.38. The van der Waals surface area contributed by atoms with E-state index in [1.54, 1.807) is 42.5 Å². The van der Waals surface area contributed by atoms with Crippen molar-refractivity contribution in [1.29, 1.82) is 0 Å². The predicted molar refractivity (Wildman–Crippen MR) is 88.2 cm³/mol. The van der Waals surface area contributed by atoms with E-state index in [1.807, 2.05) is 35.2 Å². The molecule has 3 aromatic rings. The monoisotopic (exact) mass is 327 g/mol. The Hall–Kier alpha value is -2.72. The molecule has 1 atom stereocenters. The van der Waals surface area contributed by atoms with Crippen LogP contribution in [-0.4, -0.2) is 15.6 Å². The summed E-state index contributed by atoms with van der Waals surface area (Å²) in [6.07, 6.45) is 2.60. The van der Waals surface area contributed by atoms with Gasteiger partial charge in [-0.15, -0.1) is 0 Å². The Morgan fingerprint density at radius 1 is 1.04 bits per heavy atom. The average molecular weight is 328 g/mol. The summed E-state index contributed by atoms with van der Waals surface area (Å²) >= 11 is 6.06. The Morgan fingerprint density at radius 3 is 2.39 bits per heavy atom. The van der Waals surface area contributed by atoms with Crippen LogP contribution in [0.1, 0.15) is 11.7 Å². The van der Waals surface area contributed by atoms with Gasteiger partial charge in [0, 0.05) is 23.0 Å². The van der Waals surface area contributed by atoms with Crippen molar-refractivity contribution in [3.8, 4) is 11.4 Å². The number of carbonyl (C=O) groups is 1. The van der Waals surface area contributed by atoms with Gasteiger partial charge in [0.1, 0.15) is 5.75 Å². The highest BCUT2D eigenvalue weighted by molar-refractivity contribution is 6.30. The van der Waals surface area contributed by atoms with Crippen LogP contribution in [0.15, 0.2) is 73.1 Å². The second-order valence-electron chi connectivity index (χ2n) is 4.95. The lowest BCUT2D eigenvalue weighted by Crippen LogP contribution is -2.18. The highest BCUT2D eigenvalue weighted by Gasteiger charge is 2.23. The Labute approximate surface area is 138 Å². The van der Waals surface area contributed by atoms with Crippen LogP contribution in [0.25, 0.3) is 5.69 Å². The van der Waals surface area contributed by atoms with Crippen molar-refractivity contribution in [1.82, 2.24) is 4.57 Å². The van der Waals surface area contributed by atoms with Crippen molar-refractivity contribution >= 4 is 17.6 Å². The molecule has 0 bridgehead atoms. The van der Waals surface area contributed by atoms with E-state index in [4.69, 9.17) is 16.3 Å². The van der Waals surface area contributed by atoms with Crippen molar-refractivity contribution in [3.05, 3.63) is 83.6 Å². The molecule has 0 aliphatic carbocycles. The van der Waals surface area contributed by atoms with Crippen molar-refractivity contribution in [2.24, 2.45) is 0 Å². The summed E-state index contributed by atoms with van der Waals surface area (Å²) in [5.41, 5.74) is 1.26. The summed E-state index contributed by atoms with van der Waals surface area (Å²) in [5, 5.41) is 10.1. The number of benzene rings is 2. The van der Waals surface area contributed by atoms with Crippen molar-refractivity contribution in [2.45, 2.75) is 6.10 Å². The van der Waals surface area contributed by atoms with Crippen LogP contribution in [-0.2, 0) is 4.79 Å². The van der Waals surface area contributed by atoms with Gasteiger partial charge in [-0.2, -0.15) is 0 Å². The first-order valence-electron chi connectivity index (χ1n) is 7.02. The Bertz CT molecular complexity index is 800. The highest BCUT2D eigenvalue weighted by Crippen LogP contribution is 2.31. The zero-order valence-corrected chi connectivity index (χ0v) is 12.9. The molecule has 5 heteroatoms. The van der Waals surface area contributed by atoms with Gasteiger partial charge >= 0.3 is 5.97 Å². The summed E-state index contributed by atoms with van der Waals surface area (Å²) < 4.78 is 7.62. The molecule has 4 nitrogen and oxygen atoms in total. The lowest BCUT2D eigenvalue weighted by atomic mass is 10.1. The highest BCUT2D eigenvalue weighted by atomic mass is 35.5. The zero-order valence-electron chi connectivity index (χ0n) is 12.1. The Morgan fingerprint density at radius 2 is 1.74 bits per heavy atom. The van der Waals surface area contributed by atoms with Crippen LogP contribution in [0.2, 0.25) is 5.02 Å². The van der Waals surface area contributed by atoms with Crippen molar-refractivity contribution < 1.29 is 14.6 Å². The van der Waals surface area contributed by atoms with Gasteiger partial charge in [0.05, 0.1) is 5.69 Å². The molecule has 1 N–H and O–H groups in total. The fraction of sp³-hybridized carbons (Fsp3) is 0.0556. The Kier molecular flexibility index (Phi) is 4.35. The van der Waals surface area contributed by atoms with E-state index in [0.717, 1.165) is 0 Å². The van der Waals surface area contributed by atoms with Crippen LogP contribution in [0.4, 0.5) is 0 Å². The number of hydrogen-bond donors (Lipinski definition) is 1. The normalized spacial score (nSPS) is 11.9. The molecule has 3 rings (SSSR count). The first kappa shape index (κ1) is 15.2. The third-order valence-electron chi connectivity index (χ3n) is 3.38. The molecule has 0 spiro atoms. The molecule has 0 amide bonds. The van der Waals surface area contributed by atoms with E-state index < -0.39 is 12.1 Å². The molecule has 0 radical (unpaired) electrons. The summed E-state index contributed by atoms with van der Waals surface area (Å²) in [6.45, 7) is 0. The van der Waals surface area contributed by atoms with E-state index in [9.17, 15) is 9.90 Å². The minimum atomic E-state index is -1.09. The second kappa shape index (κ2) is 6.58. The fourth-order valence-corrected chi connectivity index (χ4v) is 2.47. The number of ether oxygens (including phenoxy) is 1. The first-order chi connectivity index (χ1) is 11.1. The van der Waals surface area contributed by atoms with Gasteiger partial charge in [-0.25, -0.2) is 4.79 Å². The topological polar surface area (TPSA) is 51.5 Å². The summed E-state index contributed by atoms with van der Waals surface area (Å²) in [5.74, 6) is -0.605. The second-order valence-corrected chi connectivity index (χ2v) is 5.39. The number of carboxylic acid groups (broad SMARTS) is 1. The maximum atomic E-state index is 11.6. The number of halogens is 1. The van der Waals surface area contributed by atoms with Gasteiger partial charge < -0.3 is 14.4 Å². The lowest BCUT2D eigenvalue weighted by Gasteiger charge is -2.18. The number of aliphatic carboxylic acids is 1. The van der Waals surface area contributed by atoms with Gasteiger partial charge in [0.25, 0.3) is 0 Å². The quantitative estimate of drug-likeness (QED) is 0.758. The van der Waals surface area contributed by atoms with E-state index in [2.05, 4.69) is 0 Å². The predicted octanol–water partition coefficient (Wildman–Crippen LogP) is 4.34. The number of nitrogens with zero attached hydrogens (tertiary/aromatic N) is 1. The molecular weight excluding hydrogens is 314 g/mol. The van der Waals surface area contributed by atoms with Gasteiger partial charge in [-0.05, 0) is 30.3 Å². The van der Waals surface area contributed by atoms with Crippen LogP contribution < -0.4 is 4.74 Å². The zero-order chi connectivity index (χ0) is 16.2. The molecule has 0 saturated heterocycles. The molecule has 1 heterocycles. The molecule has 0 fully saturated rings. The molecule has 0 aliphatic rings. The van der Waals surface area contributed by atoms with Gasteiger partial charge in [0.15, 0.2) is 0 Å². The Balaban J connectivity index is 2.00. The third-order valence-corrected chi connectivity index (χ3v) is 3.61. The van der Waals surface area contributed by atoms with E-state index in [1.165, 1.54) is 0 Å². The molecule has 1 aromatic heterocycles. The van der Waals surface area contributed by atoms with E-state index in [0.29, 0.717) is 22.0 Å². The van der Waals surface area contributed by atoms with Crippen molar-refractivity contribution in [2.75, 3.05) is 0 Å². The number of hydrogen-bond acceptors (Lipinski definition) is 2. The standard InChI is InChI=1S/C18H14ClNO3/c19-14-8-9-16(15(12-14)20-10-4-5-11-20)23-17(18(21)22)13-6-2-1-3-7-13/h1-12,17H,(H,21,22). The first-order valence-corrected chi connectivity index (χ1v) is 7.40. The largest absolute Gasteiger partial charge is 0.478 e. The maximum absolute atomic E-state index is 11.6. The van der Waals surface area contributed by atoms with Crippen LogP contribution >= 0.6 is 11.6 Å². The molecule has 116 valence electrons.